The molecule has 1 saturated carbocycles. The summed E-state index contributed by atoms with van der Waals surface area (Å²) in [5.41, 5.74) is -5.71. The highest BCUT2D eigenvalue weighted by molar-refractivity contribution is 7.93. The van der Waals surface area contributed by atoms with Crippen molar-refractivity contribution in [3.05, 3.63) is 24.3 Å². The number of sulfonamides is 1. The maximum Gasteiger partial charge on any atom is 0.516 e. The number of benzene rings is 1. The summed E-state index contributed by atoms with van der Waals surface area (Å²) in [5.74, 6) is -0.178. The first-order chi connectivity index (χ1) is 11.1. The molecule has 0 aromatic heterocycles. The van der Waals surface area contributed by atoms with E-state index in [1.54, 1.807) is 7.11 Å². The summed E-state index contributed by atoms with van der Waals surface area (Å²) in [7, 11) is -3.91. The molecule has 0 atom stereocenters. The number of rotatable bonds is 7. The van der Waals surface area contributed by atoms with Gasteiger partial charge < -0.3 is 10.1 Å². The monoisotopic (exact) mass is 366 g/mol. The molecule has 1 aromatic rings. The lowest BCUT2D eigenvalue weighted by atomic mass is 10.0. The van der Waals surface area contributed by atoms with Gasteiger partial charge in [0.25, 0.3) is 0 Å². The number of hydrogen-bond donors (Lipinski definition) is 2. The van der Waals surface area contributed by atoms with Crippen molar-refractivity contribution in [3.63, 3.8) is 0 Å². The average Bonchev–Trinajstić information content (AvgIpc) is 3.27. The molecule has 6 nitrogen and oxygen atoms in total. The molecule has 1 aliphatic carbocycles. The molecule has 1 amide bonds. The van der Waals surface area contributed by atoms with Crippen LogP contribution in [0.25, 0.3) is 0 Å². The number of hydrogen-bond acceptors (Lipinski definition) is 4. The molecule has 1 aromatic carbocycles. The molecule has 1 fully saturated rings. The van der Waals surface area contributed by atoms with Crippen molar-refractivity contribution >= 4 is 27.3 Å². The predicted molar refractivity (Wildman–Crippen MR) is 81.8 cm³/mol. The van der Waals surface area contributed by atoms with Crippen LogP contribution in [-0.2, 0) is 19.6 Å². The lowest BCUT2D eigenvalue weighted by molar-refractivity contribution is -0.121. The van der Waals surface area contributed by atoms with Crippen molar-refractivity contribution in [2.75, 3.05) is 23.8 Å². The zero-order chi connectivity index (χ0) is 18.0. The first-order valence-electron chi connectivity index (χ1n) is 7.09. The van der Waals surface area contributed by atoms with E-state index in [9.17, 15) is 26.4 Å². The Labute approximate surface area is 137 Å². The molecule has 0 bridgehead atoms. The quantitative estimate of drug-likeness (QED) is 0.777. The summed E-state index contributed by atoms with van der Waals surface area (Å²) in [4.78, 5) is 12.2. The molecule has 2 rings (SSSR count). The van der Waals surface area contributed by atoms with E-state index in [0.29, 0.717) is 18.7 Å². The second-order valence-corrected chi connectivity index (χ2v) is 7.28. The average molecular weight is 366 g/mol. The Kier molecular flexibility index (Phi) is 5.09. The number of carbonyl (C=O) groups excluding carboxylic acids is 1. The van der Waals surface area contributed by atoms with Crippen LogP contribution in [0.3, 0.4) is 0 Å². The minimum atomic E-state index is -5.46. The molecule has 0 unspecified atom stereocenters. The molecule has 2 N–H and O–H groups in total. The normalized spacial score (nSPS) is 16.5. The molecule has 1 aliphatic rings. The topological polar surface area (TPSA) is 84.5 Å². The smallest absolute Gasteiger partial charge is 0.385 e. The molecule has 0 aliphatic heterocycles. The van der Waals surface area contributed by atoms with Gasteiger partial charge in [-0.05, 0) is 43.5 Å². The predicted octanol–water partition coefficient (Wildman–Crippen LogP) is 2.70. The maximum atomic E-state index is 12.3. The third-order valence-electron chi connectivity index (χ3n) is 3.82. The number of anilines is 2. The van der Waals surface area contributed by atoms with Crippen LogP contribution in [0.4, 0.5) is 24.5 Å². The third-order valence-corrected chi connectivity index (χ3v) is 4.93. The van der Waals surface area contributed by atoms with Crippen molar-refractivity contribution in [1.82, 2.24) is 0 Å². The van der Waals surface area contributed by atoms with Crippen molar-refractivity contribution in [2.45, 2.75) is 24.8 Å². The standard InChI is InChI=1S/C14H17F3N2O4S/c1-23-9-8-13(6-7-13)12(20)18-10-2-4-11(5-3-10)19-24(21,22)14(15,16)17/h2-5,19H,6-9H2,1H3,(H,18,20). The zero-order valence-corrected chi connectivity index (χ0v) is 13.6. The van der Waals surface area contributed by atoms with Gasteiger partial charge in [0.15, 0.2) is 0 Å². The van der Waals surface area contributed by atoms with Gasteiger partial charge in [-0.3, -0.25) is 9.52 Å². The Balaban J connectivity index is 1.99. The first kappa shape index (κ1) is 18.5. The minimum absolute atomic E-state index is 0.178. The lowest BCUT2D eigenvalue weighted by Gasteiger charge is -2.15. The fourth-order valence-electron chi connectivity index (χ4n) is 2.14. The van der Waals surface area contributed by atoms with Gasteiger partial charge in [0.1, 0.15) is 0 Å². The van der Waals surface area contributed by atoms with E-state index in [1.165, 1.54) is 16.9 Å². The molecule has 0 saturated heterocycles. The second-order valence-electron chi connectivity index (χ2n) is 5.61. The Bertz CT molecular complexity index is 698. The molecule has 24 heavy (non-hydrogen) atoms. The van der Waals surface area contributed by atoms with Gasteiger partial charge in [-0.15, -0.1) is 0 Å². The van der Waals surface area contributed by atoms with E-state index in [1.807, 2.05) is 0 Å². The van der Waals surface area contributed by atoms with Crippen LogP contribution in [0.5, 0.6) is 0 Å². The van der Waals surface area contributed by atoms with Gasteiger partial charge >= 0.3 is 15.5 Å². The van der Waals surface area contributed by atoms with E-state index >= 15 is 0 Å². The number of methoxy groups -OCH3 is 1. The summed E-state index contributed by atoms with van der Waals surface area (Å²) in [6.07, 6.45) is 2.11. The summed E-state index contributed by atoms with van der Waals surface area (Å²) in [6.45, 7) is 0.464. The van der Waals surface area contributed by atoms with Gasteiger partial charge in [-0.2, -0.15) is 21.6 Å². The van der Waals surface area contributed by atoms with E-state index in [0.717, 1.165) is 25.0 Å². The highest BCUT2D eigenvalue weighted by atomic mass is 32.2. The van der Waals surface area contributed by atoms with Crippen molar-refractivity contribution < 1.29 is 31.1 Å². The van der Waals surface area contributed by atoms with Gasteiger partial charge in [-0.25, -0.2) is 0 Å². The SMILES string of the molecule is COCCC1(C(=O)Nc2ccc(NS(=O)(=O)C(F)(F)F)cc2)CC1. The van der Waals surface area contributed by atoms with E-state index in [-0.39, 0.29) is 11.6 Å². The van der Waals surface area contributed by atoms with E-state index < -0.39 is 20.9 Å². The van der Waals surface area contributed by atoms with Crippen LogP contribution in [-0.4, -0.2) is 33.5 Å². The van der Waals surface area contributed by atoms with Crippen LogP contribution in [0, 0.1) is 5.41 Å². The van der Waals surface area contributed by atoms with Gasteiger partial charge in [-0.1, -0.05) is 0 Å². The number of nitrogens with one attached hydrogen (secondary N) is 2. The lowest BCUT2D eigenvalue weighted by Crippen LogP contribution is -2.29. The van der Waals surface area contributed by atoms with Crippen molar-refractivity contribution in [1.29, 1.82) is 0 Å². The second kappa shape index (κ2) is 6.60. The van der Waals surface area contributed by atoms with Crippen LogP contribution in [0.2, 0.25) is 0 Å². The van der Waals surface area contributed by atoms with Crippen LogP contribution in [0.1, 0.15) is 19.3 Å². The molecule has 10 heteroatoms. The Morgan fingerprint density at radius 3 is 2.21 bits per heavy atom. The van der Waals surface area contributed by atoms with Crippen LogP contribution >= 0.6 is 0 Å². The molecular weight excluding hydrogens is 349 g/mol. The fourth-order valence-corrected chi connectivity index (χ4v) is 2.70. The number of amides is 1. The third kappa shape index (κ3) is 4.18. The fraction of sp³-hybridized carbons (Fsp3) is 0.500. The van der Waals surface area contributed by atoms with E-state index in [2.05, 4.69) is 5.32 Å². The summed E-state index contributed by atoms with van der Waals surface area (Å²) >= 11 is 0. The molecule has 0 heterocycles. The molecule has 134 valence electrons. The summed E-state index contributed by atoms with van der Waals surface area (Å²) in [6, 6.07) is 4.96. The van der Waals surface area contributed by atoms with Gasteiger partial charge in [0, 0.05) is 25.1 Å². The van der Waals surface area contributed by atoms with Crippen molar-refractivity contribution in [2.24, 2.45) is 5.41 Å². The largest absolute Gasteiger partial charge is 0.516 e. The molecule has 0 spiro atoms. The highest BCUT2D eigenvalue weighted by Gasteiger charge is 2.49. The Morgan fingerprint density at radius 1 is 1.21 bits per heavy atom. The Morgan fingerprint density at radius 2 is 1.75 bits per heavy atom. The van der Waals surface area contributed by atoms with Crippen LogP contribution < -0.4 is 10.0 Å². The van der Waals surface area contributed by atoms with E-state index in [4.69, 9.17) is 4.74 Å². The number of ether oxygens (including phenoxy) is 1. The number of halogens is 3. The van der Waals surface area contributed by atoms with Crippen molar-refractivity contribution in [3.8, 4) is 0 Å². The molecule has 0 radical (unpaired) electrons. The first-order valence-corrected chi connectivity index (χ1v) is 8.57. The highest BCUT2D eigenvalue weighted by Crippen LogP contribution is 2.49. The zero-order valence-electron chi connectivity index (χ0n) is 12.8. The Hall–Kier alpha value is -1.81. The summed E-state index contributed by atoms with van der Waals surface area (Å²) < 4.78 is 65.3. The van der Waals surface area contributed by atoms with Crippen LogP contribution in [0.15, 0.2) is 24.3 Å². The number of alkyl halides is 3. The minimum Gasteiger partial charge on any atom is -0.385 e. The molecular formula is C14H17F3N2O4S. The summed E-state index contributed by atoms with van der Waals surface area (Å²) in [5, 5.41) is 2.68. The maximum absolute atomic E-state index is 12.3. The van der Waals surface area contributed by atoms with Gasteiger partial charge in [0.05, 0.1) is 5.41 Å². The van der Waals surface area contributed by atoms with Gasteiger partial charge in [0.2, 0.25) is 5.91 Å². The number of carbonyl (C=O) groups is 1.